The molecule has 0 radical (unpaired) electrons. The van der Waals surface area contributed by atoms with Gasteiger partial charge in [0.05, 0.1) is 18.0 Å². The summed E-state index contributed by atoms with van der Waals surface area (Å²) in [5, 5.41) is 7.29. The highest BCUT2D eigenvalue weighted by Crippen LogP contribution is 2.06. The van der Waals surface area contributed by atoms with Crippen LogP contribution in [0.3, 0.4) is 0 Å². The van der Waals surface area contributed by atoms with E-state index in [2.05, 4.69) is 10.4 Å². The molecule has 1 N–H and O–H groups in total. The Kier molecular flexibility index (Phi) is 6.61. The molecule has 0 aromatic carbocycles. The molecule has 0 unspecified atom stereocenters. The predicted octanol–water partition coefficient (Wildman–Crippen LogP) is 1.35. The summed E-state index contributed by atoms with van der Waals surface area (Å²) in [4.78, 5) is 13.9. The Hall–Kier alpha value is -1.57. The molecule has 0 saturated heterocycles. The summed E-state index contributed by atoms with van der Waals surface area (Å²) in [7, 11) is -3.13. The molecule has 1 rings (SSSR count). The molecule has 0 spiro atoms. The van der Waals surface area contributed by atoms with E-state index in [4.69, 9.17) is 0 Å². The van der Waals surface area contributed by atoms with E-state index >= 15 is 0 Å². The molecule has 1 heterocycles. The van der Waals surface area contributed by atoms with Crippen LogP contribution < -0.4 is 5.32 Å². The van der Waals surface area contributed by atoms with E-state index in [1.807, 2.05) is 38.4 Å². The molecular weight excluding hydrogens is 316 g/mol. The van der Waals surface area contributed by atoms with Gasteiger partial charge < -0.3 is 10.2 Å². The zero-order chi connectivity index (χ0) is 17.8. The van der Waals surface area contributed by atoms with Crippen LogP contribution in [0.15, 0.2) is 6.07 Å². The Labute approximate surface area is 139 Å². The van der Waals surface area contributed by atoms with Gasteiger partial charge in [-0.15, -0.1) is 0 Å². The van der Waals surface area contributed by atoms with Gasteiger partial charge in [-0.3, -0.25) is 4.68 Å². The van der Waals surface area contributed by atoms with Crippen LogP contribution in [-0.2, 0) is 16.4 Å². The number of carbonyl (C=O) groups is 1. The van der Waals surface area contributed by atoms with Crippen molar-refractivity contribution in [1.29, 1.82) is 0 Å². The molecule has 23 heavy (non-hydrogen) atoms. The van der Waals surface area contributed by atoms with Crippen LogP contribution in [0.4, 0.5) is 4.79 Å². The summed E-state index contributed by atoms with van der Waals surface area (Å²) >= 11 is 0. The summed E-state index contributed by atoms with van der Waals surface area (Å²) < 4.78 is 24.7. The van der Waals surface area contributed by atoms with E-state index < -0.39 is 9.84 Å². The zero-order valence-electron chi connectivity index (χ0n) is 14.8. The molecule has 0 saturated carbocycles. The molecule has 2 atom stereocenters. The first-order valence-corrected chi connectivity index (χ1v) is 9.85. The first-order valence-electron chi connectivity index (χ1n) is 7.79. The maximum absolute atomic E-state index is 12.4. The third-order valence-corrected chi connectivity index (χ3v) is 4.69. The minimum atomic E-state index is -3.13. The van der Waals surface area contributed by atoms with Crippen molar-refractivity contribution in [2.24, 2.45) is 0 Å². The van der Waals surface area contributed by atoms with Gasteiger partial charge >= 0.3 is 6.03 Å². The Bertz CT molecular complexity index is 639. The van der Waals surface area contributed by atoms with Gasteiger partial charge in [0.1, 0.15) is 9.84 Å². The van der Waals surface area contributed by atoms with Gasteiger partial charge in [0.25, 0.3) is 0 Å². The fourth-order valence-electron chi connectivity index (χ4n) is 2.64. The number of hydrogen-bond donors (Lipinski definition) is 1. The van der Waals surface area contributed by atoms with Crippen molar-refractivity contribution >= 4 is 15.9 Å². The monoisotopic (exact) mass is 344 g/mol. The van der Waals surface area contributed by atoms with Crippen molar-refractivity contribution in [2.45, 2.75) is 53.2 Å². The molecule has 0 fully saturated rings. The molecule has 0 aliphatic carbocycles. The Balaban J connectivity index is 2.66. The average Bonchev–Trinajstić information content (AvgIpc) is 2.65. The number of nitrogens with zero attached hydrogens (tertiary/aromatic N) is 3. The predicted molar refractivity (Wildman–Crippen MR) is 91.2 cm³/mol. The van der Waals surface area contributed by atoms with Crippen molar-refractivity contribution < 1.29 is 13.2 Å². The molecule has 2 amide bonds. The van der Waals surface area contributed by atoms with Gasteiger partial charge in [-0.05, 0) is 40.7 Å². The molecule has 8 heteroatoms. The number of rotatable bonds is 7. The topological polar surface area (TPSA) is 84.3 Å². The lowest BCUT2D eigenvalue weighted by Gasteiger charge is -2.29. The highest BCUT2D eigenvalue weighted by atomic mass is 32.2. The van der Waals surface area contributed by atoms with Crippen molar-refractivity contribution in [3.05, 3.63) is 17.5 Å². The van der Waals surface area contributed by atoms with E-state index in [1.54, 1.807) is 11.8 Å². The van der Waals surface area contributed by atoms with E-state index in [1.165, 1.54) is 6.26 Å². The minimum absolute atomic E-state index is 0.0416. The van der Waals surface area contributed by atoms with Crippen molar-refractivity contribution in [1.82, 2.24) is 20.0 Å². The van der Waals surface area contributed by atoms with Crippen molar-refractivity contribution in [2.75, 3.05) is 18.6 Å². The van der Waals surface area contributed by atoms with Crippen LogP contribution in [0.25, 0.3) is 0 Å². The number of hydrogen-bond acceptors (Lipinski definition) is 4. The Morgan fingerprint density at radius 1 is 1.39 bits per heavy atom. The molecule has 7 nitrogen and oxygen atoms in total. The Morgan fingerprint density at radius 3 is 2.43 bits per heavy atom. The van der Waals surface area contributed by atoms with Crippen LogP contribution in [0.5, 0.6) is 0 Å². The van der Waals surface area contributed by atoms with E-state index in [9.17, 15) is 13.2 Å². The van der Waals surface area contributed by atoms with Crippen LogP contribution in [0.1, 0.15) is 32.2 Å². The van der Waals surface area contributed by atoms with Crippen molar-refractivity contribution in [3.8, 4) is 0 Å². The number of aromatic nitrogens is 2. The lowest BCUT2D eigenvalue weighted by molar-refractivity contribution is 0.182. The largest absolute Gasteiger partial charge is 0.334 e. The molecule has 0 bridgehead atoms. The maximum atomic E-state index is 12.4. The second kappa shape index (κ2) is 7.81. The third kappa shape index (κ3) is 6.21. The second-order valence-corrected chi connectivity index (χ2v) is 8.37. The Morgan fingerprint density at radius 2 is 2.00 bits per heavy atom. The van der Waals surface area contributed by atoms with Crippen LogP contribution in [0.2, 0.25) is 0 Å². The highest BCUT2D eigenvalue weighted by molar-refractivity contribution is 7.90. The third-order valence-electron chi connectivity index (χ3n) is 3.60. The fourth-order valence-corrected chi connectivity index (χ4v) is 3.70. The van der Waals surface area contributed by atoms with Gasteiger partial charge in [-0.1, -0.05) is 0 Å². The van der Waals surface area contributed by atoms with E-state index in [-0.39, 0.29) is 23.9 Å². The lowest BCUT2D eigenvalue weighted by atomic mass is 10.3. The fraction of sp³-hybridized carbons (Fsp3) is 0.733. The molecular formula is C15H28N4O3S. The van der Waals surface area contributed by atoms with Gasteiger partial charge in [-0.2, -0.15) is 5.10 Å². The number of nitrogens with one attached hydrogen (secondary N) is 1. The summed E-state index contributed by atoms with van der Waals surface area (Å²) in [6.07, 6.45) is 1.18. The molecule has 1 aromatic heterocycles. The number of amides is 2. The number of carbonyl (C=O) groups excluding carboxylic acids is 1. The van der Waals surface area contributed by atoms with Gasteiger partial charge in [0.2, 0.25) is 0 Å². The van der Waals surface area contributed by atoms with Gasteiger partial charge in [-0.25, -0.2) is 13.2 Å². The smallest absolute Gasteiger partial charge is 0.317 e. The lowest BCUT2D eigenvalue weighted by Crippen LogP contribution is -2.50. The zero-order valence-corrected chi connectivity index (χ0v) is 15.6. The SMILES string of the molecule is CCN(C(=O)N[C@H](C)Cn1nc(C)cc1C)[C@H](C)CS(C)(=O)=O. The molecule has 0 aliphatic rings. The summed E-state index contributed by atoms with van der Waals surface area (Å²) in [6.45, 7) is 10.4. The van der Waals surface area contributed by atoms with Crippen LogP contribution >= 0.6 is 0 Å². The molecule has 0 aliphatic heterocycles. The average molecular weight is 344 g/mol. The number of urea groups is 1. The quantitative estimate of drug-likeness (QED) is 0.809. The summed E-state index contributed by atoms with van der Waals surface area (Å²) in [5.74, 6) is -0.0416. The highest BCUT2D eigenvalue weighted by Gasteiger charge is 2.23. The first kappa shape index (κ1) is 19.5. The summed E-state index contributed by atoms with van der Waals surface area (Å²) in [5.41, 5.74) is 1.99. The first-order chi connectivity index (χ1) is 10.5. The van der Waals surface area contributed by atoms with Gasteiger partial charge in [0.15, 0.2) is 0 Å². The summed E-state index contributed by atoms with van der Waals surface area (Å²) in [6, 6.07) is 1.26. The minimum Gasteiger partial charge on any atom is -0.334 e. The molecule has 1 aromatic rings. The maximum Gasteiger partial charge on any atom is 0.317 e. The van der Waals surface area contributed by atoms with Crippen LogP contribution in [0, 0.1) is 13.8 Å². The normalized spacial score (nSPS) is 14.3. The van der Waals surface area contributed by atoms with E-state index in [0.717, 1.165) is 11.4 Å². The second-order valence-electron chi connectivity index (χ2n) is 6.19. The molecule has 132 valence electrons. The van der Waals surface area contributed by atoms with Crippen LogP contribution in [-0.4, -0.2) is 59.8 Å². The van der Waals surface area contributed by atoms with Gasteiger partial charge in [0, 0.05) is 30.6 Å². The van der Waals surface area contributed by atoms with E-state index in [0.29, 0.717) is 13.1 Å². The van der Waals surface area contributed by atoms with Crippen molar-refractivity contribution in [3.63, 3.8) is 0 Å². The number of aryl methyl sites for hydroxylation is 2. The number of sulfone groups is 1. The standard InChI is InChI=1S/C15H28N4O3S/c1-7-18(14(5)10-23(6,21)22)15(20)16-12(3)9-19-13(4)8-11(2)17-19/h8,12,14H,7,9-10H2,1-6H3,(H,16,20)/t12-,14-/m1/s1.